The van der Waals surface area contributed by atoms with Gasteiger partial charge in [-0.05, 0) is 42.6 Å². The van der Waals surface area contributed by atoms with Crippen LogP contribution in [0.4, 0.5) is 0 Å². The number of aromatic nitrogens is 1. The summed E-state index contributed by atoms with van der Waals surface area (Å²) >= 11 is 7.57. The lowest BCUT2D eigenvalue weighted by atomic mass is 10.1. The highest BCUT2D eigenvalue weighted by Crippen LogP contribution is 2.20. The Balaban J connectivity index is 1.55. The number of hydrazone groups is 1. The molecule has 8 heteroatoms. The maximum atomic E-state index is 12.9. The summed E-state index contributed by atoms with van der Waals surface area (Å²) in [6.07, 6.45) is 3.19. The zero-order valence-corrected chi connectivity index (χ0v) is 18.6. The zero-order chi connectivity index (χ0) is 22.5. The van der Waals surface area contributed by atoms with E-state index in [1.807, 2.05) is 48.7 Å². The average molecular weight is 463 g/mol. The van der Waals surface area contributed by atoms with Gasteiger partial charge in [-0.1, -0.05) is 48.0 Å². The molecule has 0 saturated heterocycles. The Kier molecular flexibility index (Phi) is 6.49. The normalized spacial score (nSPS) is 11.8. The molecule has 0 atom stereocenters. The van der Waals surface area contributed by atoms with Gasteiger partial charge in [-0.3, -0.25) is 9.59 Å². The number of para-hydroxylation sites is 1. The van der Waals surface area contributed by atoms with Crippen molar-refractivity contribution in [3.8, 4) is 0 Å². The molecule has 0 unspecified atom stereocenters. The molecule has 0 aliphatic rings. The molecular weight excluding hydrogens is 444 g/mol. The topological polar surface area (TPSA) is 86.3 Å². The number of nitrogens with zero attached hydrogens (tertiary/aromatic N) is 1. The molecule has 160 valence electrons. The van der Waals surface area contributed by atoms with Crippen LogP contribution >= 0.6 is 22.9 Å². The lowest BCUT2D eigenvalue weighted by Crippen LogP contribution is -2.33. The fourth-order valence-corrected chi connectivity index (χ4v) is 4.07. The third kappa shape index (κ3) is 4.80. The number of carbonyl (C=O) groups is 2. The van der Waals surface area contributed by atoms with Gasteiger partial charge in [0.1, 0.15) is 5.70 Å². The largest absolute Gasteiger partial charge is 0.358 e. The number of aromatic amines is 1. The Labute approximate surface area is 193 Å². The maximum absolute atomic E-state index is 12.9. The highest BCUT2D eigenvalue weighted by atomic mass is 35.5. The highest BCUT2D eigenvalue weighted by molar-refractivity contribution is 7.10. The summed E-state index contributed by atoms with van der Waals surface area (Å²) in [6.45, 7) is 1.94. The van der Waals surface area contributed by atoms with Crippen LogP contribution in [-0.4, -0.2) is 23.0 Å². The Morgan fingerprint density at radius 2 is 1.84 bits per heavy atom. The van der Waals surface area contributed by atoms with Gasteiger partial charge in [-0.25, -0.2) is 5.43 Å². The van der Waals surface area contributed by atoms with Crippen molar-refractivity contribution in [2.75, 3.05) is 0 Å². The van der Waals surface area contributed by atoms with Gasteiger partial charge in [-0.15, -0.1) is 11.3 Å². The SMILES string of the molecule is Cc1[nH]c2ccccc2c1/C=N/NC(=O)/C(=C\c1cccs1)NC(=O)c1ccccc1Cl. The minimum absolute atomic E-state index is 0.0603. The van der Waals surface area contributed by atoms with E-state index in [2.05, 4.69) is 20.8 Å². The van der Waals surface area contributed by atoms with Gasteiger partial charge in [-0.2, -0.15) is 5.10 Å². The molecule has 2 heterocycles. The fraction of sp³-hybridized carbons (Fsp3) is 0.0417. The summed E-state index contributed by atoms with van der Waals surface area (Å²) in [5.41, 5.74) is 5.64. The molecule has 4 rings (SSSR count). The monoisotopic (exact) mass is 462 g/mol. The van der Waals surface area contributed by atoms with E-state index in [1.165, 1.54) is 11.3 Å². The minimum Gasteiger partial charge on any atom is -0.358 e. The average Bonchev–Trinajstić information content (AvgIpc) is 3.41. The van der Waals surface area contributed by atoms with E-state index in [0.29, 0.717) is 5.02 Å². The van der Waals surface area contributed by atoms with Crippen LogP contribution in [-0.2, 0) is 4.79 Å². The van der Waals surface area contributed by atoms with Crippen LogP contribution in [0.25, 0.3) is 17.0 Å². The smallest absolute Gasteiger partial charge is 0.287 e. The maximum Gasteiger partial charge on any atom is 0.287 e. The number of rotatable bonds is 6. The predicted octanol–water partition coefficient (Wildman–Crippen LogP) is 5.11. The van der Waals surface area contributed by atoms with Crippen molar-refractivity contribution in [3.05, 3.63) is 98.5 Å². The minimum atomic E-state index is -0.549. The molecule has 6 nitrogen and oxygen atoms in total. The van der Waals surface area contributed by atoms with Crippen LogP contribution in [0.15, 0.2) is 76.8 Å². The number of H-pyrrole nitrogens is 1. The number of halogens is 1. The molecule has 2 aromatic carbocycles. The number of nitrogens with one attached hydrogen (secondary N) is 3. The Bertz CT molecular complexity index is 1340. The van der Waals surface area contributed by atoms with Gasteiger partial charge in [0.25, 0.3) is 11.8 Å². The summed E-state index contributed by atoms with van der Waals surface area (Å²) < 4.78 is 0. The first kappa shape index (κ1) is 21.5. The van der Waals surface area contributed by atoms with Crippen LogP contribution in [0.5, 0.6) is 0 Å². The molecule has 0 bridgehead atoms. The van der Waals surface area contributed by atoms with E-state index in [4.69, 9.17) is 11.6 Å². The van der Waals surface area contributed by atoms with Crippen LogP contribution in [0.2, 0.25) is 5.02 Å². The van der Waals surface area contributed by atoms with Crippen molar-refractivity contribution in [2.45, 2.75) is 6.92 Å². The van der Waals surface area contributed by atoms with Crippen molar-refractivity contribution in [1.29, 1.82) is 0 Å². The summed E-state index contributed by atoms with van der Waals surface area (Å²) in [5.74, 6) is -1.03. The molecule has 0 spiro atoms. The summed E-state index contributed by atoms with van der Waals surface area (Å²) in [5, 5.41) is 9.95. The van der Waals surface area contributed by atoms with Crippen molar-refractivity contribution >= 4 is 57.9 Å². The molecule has 2 aromatic heterocycles. The number of thiophene rings is 1. The van der Waals surface area contributed by atoms with E-state index >= 15 is 0 Å². The lowest BCUT2D eigenvalue weighted by Gasteiger charge is -2.09. The van der Waals surface area contributed by atoms with Crippen molar-refractivity contribution < 1.29 is 9.59 Å². The second kappa shape index (κ2) is 9.64. The van der Waals surface area contributed by atoms with E-state index < -0.39 is 11.8 Å². The van der Waals surface area contributed by atoms with Crippen molar-refractivity contribution in [3.63, 3.8) is 0 Å². The number of benzene rings is 2. The Morgan fingerprint density at radius 1 is 1.06 bits per heavy atom. The molecular formula is C24H19ClN4O2S. The lowest BCUT2D eigenvalue weighted by molar-refractivity contribution is -0.117. The van der Waals surface area contributed by atoms with E-state index in [9.17, 15) is 9.59 Å². The number of fused-ring (bicyclic) bond motifs is 1. The second-order valence-corrected chi connectivity index (χ2v) is 8.30. The molecule has 3 N–H and O–H groups in total. The molecule has 0 radical (unpaired) electrons. The Hall–Kier alpha value is -3.68. The third-order valence-electron chi connectivity index (χ3n) is 4.74. The van der Waals surface area contributed by atoms with Gasteiger partial charge in [0, 0.05) is 27.0 Å². The van der Waals surface area contributed by atoms with Gasteiger partial charge < -0.3 is 10.3 Å². The van der Waals surface area contributed by atoms with Crippen LogP contribution in [0.3, 0.4) is 0 Å². The summed E-state index contributed by atoms with van der Waals surface area (Å²) in [7, 11) is 0. The second-order valence-electron chi connectivity index (χ2n) is 6.92. The number of hydrogen-bond donors (Lipinski definition) is 3. The number of amides is 2. The highest BCUT2D eigenvalue weighted by Gasteiger charge is 2.16. The quantitative estimate of drug-likeness (QED) is 0.211. The van der Waals surface area contributed by atoms with Gasteiger partial charge >= 0.3 is 0 Å². The summed E-state index contributed by atoms with van der Waals surface area (Å²) in [6, 6.07) is 18.2. The number of carbonyl (C=O) groups excluding carboxylic acids is 2. The molecule has 0 aliphatic carbocycles. The molecule has 4 aromatic rings. The standard InChI is InChI=1S/C24H19ClN4O2S/c1-15-19(17-8-3-5-11-21(17)27-15)14-26-29-24(31)22(13-16-7-6-12-32-16)28-23(30)18-9-2-4-10-20(18)25/h2-14,27H,1H3,(H,28,30)(H,29,31)/b22-13+,26-14+. The molecule has 2 amide bonds. The van der Waals surface area contributed by atoms with Gasteiger partial charge in [0.2, 0.25) is 0 Å². The number of aryl methyl sites for hydroxylation is 1. The van der Waals surface area contributed by atoms with Gasteiger partial charge in [0.15, 0.2) is 0 Å². The number of hydrogen-bond acceptors (Lipinski definition) is 4. The predicted molar refractivity (Wildman–Crippen MR) is 130 cm³/mol. The Morgan fingerprint density at radius 3 is 2.62 bits per heavy atom. The van der Waals surface area contributed by atoms with Crippen molar-refractivity contribution in [1.82, 2.24) is 15.7 Å². The summed E-state index contributed by atoms with van der Waals surface area (Å²) in [4.78, 5) is 29.7. The third-order valence-corrected chi connectivity index (χ3v) is 5.89. The first-order chi connectivity index (χ1) is 15.5. The van der Waals surface area contributed by atoms with Crippen molar-refractivity contribution in [2.24, 2.45) is 5.10 Å². The van der Waals surface area contributed by atoms with E-state index in [-0.39, 0.29) is 11.3 Å². The fourth-order valence-electron chi connectivity index (χ4n) is 3.19. The molecule has 0 fully saturated rings. The first-order valence-corrected chi connectivity index (χ1v) is 11.0. The van der Waals surface area contributed by atoms with E-state index in [0.717, 1.165) is 27.0 Å². The molecule has 32 heavy (non-hydrogen) atoms. The van der Waals surface area contributed by atoms with E-state index in [1.54, 1.807) is 36.6 Å². The first-order valence-electron chi connectivity index (χ1n) is 9.74. The van der Waals surface area contributed by atoms with Crippen LogP contribution in [0.1, 0.15) is 26.5 Å². The van der Waals surface area contributed by atoms with Crippen LogP contribution in [0, 0.1) is 6.92 Å². The molecule has 0 saturated carbocycles. The molecule has 0 aliphatic heterocycles. The van der Waals surface area contributed by atoms with Crippen LogP contribution < -0.4 is 10.7 Å². The van der Waals surface area contributed by atoms with Gasteiger partial charge in [0.05, 0.1) is 16.8 Å². The zero-order valence-electron chi connectivity index (χ0n) is 17.1.